The molecule has 21 heavy (non-hydrogen) atoms. The van der Waals surface area contributed by atoms with Crippen molar-refractivity contribution in [3.05, 3.63) is 58.7 Å². The van der Waals surface area contributed by atoms with E-state index in [9.17, 15) is 17.6 Å². The highest BCUT2D eigenvalue weighted by Gasteiger charge is 2.10. The lowest BCUT2D eigenvalue weighted by Gasteiger charge is -2.00. The first-order valence-electron chi connectivity index (χ1n) is 6.09. The Morgan fingerprint density at radius 3 is 1.71 bits per heavy atom. The van der Waals surface area contributed by atoms with Crippen molar-refractivity contribution >= 4 is 0 Å². The number of aromatic hydroxyl groups is 2. The largest absolute Gasteiger partial charge is 0.505 e. The number of rotatable bonds is 1. The lowest BCUT2D eigenvalue weighted by molar-refractivity contribution is 0.404. The summed E-state index contributed by atoms with van der Waals surface area (Å²) in [5.74, 6) is -5.57. The molecule has 2 N–H and O–H groups in total. The second-order valence-electron chi connectivity index (χ2n) is 4.25. The summed E-state index contributed by atoms with van der Waals surface area (Å²) in [6, 6.07) is 4.95. The Kier molecular flexibility index (Phi) is 5.58. The Bertz CT molecular complexity index is 615. The van der Waals surface area contributed by atoms with E-state index in [2.05, 4.69) is 0 Å². The minimum Gasteiger partial charge on any atom is -0.505 e. The quantitative estimate of drug-likeness (QED) is 0.775. The molecule has 0 aliphatic heterocycles. The van der Waals surface area contributed by atoms with E-state index in [-0.39, 0.29) is 11.1 Å². The van der Waals surface area contributed by atoms with Crippen LogP contribution in [0.25, 0.3) is 0 Å². The summed E-state index contributed by atoms with van der Waals surface area (Å²) in [5, 5.41) is 17.3. The fourth-order valence-electron chi connectivity index (χ4n) is 1.49. The van der Waals surface area contributed by atoms with E-state index in [0.717, 1.165) is 12.1 Å². The van der Waals surface area contributed by atoms with Gasteiger partial charge in [0, 0.05) is 0 Å². The zero-order valence-corrected chi connectivity index (χ0v) is 11.4. The van der Waals surface area contributed by atoms with Gasteiger partial charge in [0.2, 0.25) is 11.6 Å². The summed E-state index contributed by atoms with van der Waals surface area (Å²) in [6.45, 7) is 3.15. The van der Waals surface area contributed by atoms with Gasteiger partial charge in [0.1, 0.15) is 0 Å². The van der Waals surface area contributed by atoms with Gasteiger partial charge in [-0.25, -0.2) is 8.78 Å². The summed E-state index contributed by atoms with van der Waals surface area (Å²) >= 11 is 0. The molecule has 0 saturated carbocycles. The molecule has 0 unspecified atom stereocenters. The van der Waals surface area contributed by atoms with E-state index in [1.54, 1.807) is 6.92 Å². The molecule has 0 bridgehead atoms. The fourth-order valence-corrected chi connectivity index (χ4v) is 1.49. The van der Waals surface area contributed by atoms with Crippen LogP contribution in [0, 0.1) is 30.2 Å². The van der Waals surface area contributed by atoms with Gasteiger partial charge in [-0.05, 0) is 36.6 Å². The topological polar surface area (TPSA) is 40.5 Å². The number of benzene rings is 2. The maximum absolute atomic E-state index is 12.7. The summed E-state index contributed by atoms with van der Waals surface area (Å²) in [6.07, 6.45) is 0.420. The van der Waals surface area contributed by atoms with E-state index in [4.69, 9.17) is 10.2 Å². The third-order valence-corrected chi connectivity index (χ3v) is 2.78. The van der Waals surface area contributed by atoms with E-state index >= 15 is 0 Å². The number of hydrogen-bond acceptors (Lipinski definition) is 2. The molecule has 2 nitrogen and oxygen atoms in total. The van der Waals surface area contributed by atoms with Crippen LogP contribution in [-0.4, -0.2) is 10.2 Å². The minimum atomic E-state index is -1.18. The molecule has 114 valence electrons. The van der Waals surface area contributed by atoms with Gasteiger partial charge in [0.15, 0.2) is 23.1 Å². The zero-order valence-electron chi connectivity index (χ0n) is 11.4. The van der Waals surface area contributed by atoms with Crippen molar-refractivity contribution in [1.29, 1.82) is 0 Å². The Labute approximate surface area is 119 Å². The van der Waals surface area contributed by atoms with Crippen LogP contribution >= 0.6 is 0 Å². The van der Waals surface area contributed by atoms with Gasteiger partial charge >= 0.3 is 0 Å². The van der Waals surface area contributed by atoms with Gasteiger partial charge in [-0.1, -0.05) is 19.1 Å². The van der Waals surface area contributed by atoms with Crippen molar-refractivity contribution in [2.75, 3.05) is 0 Å². The molecule has 0 amide bonds. The van der Waals surface area contributed by atoms with E-state index < -0.39 is 34.8 Å². The highest BCUT2D eigenvalue weighted by atomic mass is 19.2. The van der Waals surface area contributed by atoms with Crippen LogP contribution in [0.2, 0.25) is 0 Å². The van der Waals surface area contributed by atoms with Crippen molar-refractivity contribution in [2.45, 2.75) is 20.3 Å². The second kappa shape index (κ2) is 6.97. The third-order valence-electron chi connectivity index (χ3n) is 2.78. The van der Waals surface area contributed by atoms with Crippen LogP contribution in [0.1, 0.15) is 18.1 Å². The van der Waals surface area contributed by atoms with E-state index in [0.29, 0.717) is 6.42 Å². The fraction of sp³-hybridized carbons (Fsp3) is 0.200. The maximum Gasteiger partial charge on any atom is 0.200 e. The Hall–Kier alpha value is -2.24. The zero-order chi connectivity index (χ0) is 16.2. The standard InChI is InChI=1S/C8H8F2O.C7H6F2O/c1-2-5-3-4-6(11)8(10)7(5)9;1-4-2-3-5(10)7(9)6(4)8/h3-4,11H,2H2,1H3;2-3,10H,1H3. The number of phenolic OH excluding ortho intramolecular Hbond substituents is 2. The number of hydrogen-bond donors (Lipinski definition) is 2. The minimum absolute atomic E-state index is 0.190. The molecule has 0 aliphatic rings. The normalized spacial score (nSPS) is 10.0. The number of aryl methyl sites for hydroxylation is 2. The second-order valence-corrected chi connectivity index (χ2v) is 4.25. The van der Waals surface area contributed by atoms with Crippen LogP contribution in [-0.2, 0) is 6.42 Å². The molecule has 0 aromatic heterocycles. The molecule has 0 atom stereocenters. The predicted octanol–water partition coefficient (Wildman–Crippen LogP) is 4.21. The lowest BCUT2D eigenvalue weighted by Crippen LogP contribution is -1.91. The first-order chi connectivity index (χ1) is 9.79. The van der Waals surface area contributed by atoms with Crippen molar-refractivity contribution in [3.8, 4) is 11.5 Å². The Morgan fingerprint density at radius 2 is 1.24 bits per heavy atom. The van der Waals surface area contributed by atoms with Crippen LogP contribution in [0.4, 0.5) is 17.6 Å². The molecule has 0 heterocycles. The first kappa shape index (κ1) is 16.8. The van der Waals surface area contributed by atoms with Crippen LogP contribution in [0.3, 0.4) is 0 Å². The summed E-state index contributed by atoms with van der Waals surface area (Å²) in [5.41, 5.74) is 0.468. The molecular formula is C15H14F4O2. The lowest BCUT2D eigenvalue weighted by atomic mass is 10.1. The average Bonchev–Trinajstić information content (AvgIpc) is 2.48. The summed E-state index contributed by atoms with van der Waals surface area (Å²) in [4.78, 5) is 0. The van der Waals surface area contributed by atoms with Crippen molar-refractivity contribution in [3.63, 3.8) is 0 Å². The van der Waals surface area contributed by atoms with Crippen LogP contribution < -0.4 is 0 Å². The van der Waals surface area contributed by atoms with Crippen LogP contribution in [0.15, 0.2) is 24.3 Å². The molecule has 0 aliphatic carbocycles. The van der Waals surface area contributed by atoms with E-state index in [1.807, 2.05) is 0 Å². The smallest absolute Gasteiger partial charge is 0.200 e. The monoisotopic (exact) mass is 302 g/mol. The molecule has 6 heteroatoms. The molecule has 2 aromatic carbocycles. The number of halogens is 4. The molecule has 2 rings (SSSR count). The highest BCUT2D eigenvalue weighted by molar-refractivity contribution is 5.30. The van der Waals surface area contributed by atoms with Crippen molar-refractivity contribution < 1.29 is 27.8 Å². The molecule has 0 fully saturated rings. The SMILES string of the molecule is CCc1ccc(O)c(F)c1F.Cc1ccc(O)c(F)c1F. The van der Waals surface area contributed by atoms with Gasteiger partial charge in [-0.3, -0.25) is 0 Å². The molecule has 0 spiro atoms. The van der Waals surface area contributed by atoms with Crippen molar-refractivity contribution in [2.24, 2.45) is 0 Å². The van der Waals surface area contributed by atoms with Gasteiger partial charge < -0.3 is 10.2 Å². The summed E-state index contributed by atoms with van der Waals surface area (Å²) in [7, 11) is 0. The first-order valence-corrected chi connectivity index (χ1v) is 6.09. The summed E-state index contributed by atoms with van der Waals surface area (Å²) < 4.78 is 50.1. The van der Waals surface area contributed by atoms with Gasteiger partial charge in [0.05, 0.1) is 0 Å². The predicted molar refractivity (Wildman–Crippen MR) is 70.2 cm³/mol. The van der Waals surface area contributed by atoms with Gasteiger partial charge in [-0.15, -0.1) is 0 Å². The highest BCUT2D eigenvalue weighted by Crippen LogP contribution is 2.21. The molecule has 0 saturated heterocycles. The number of phenols is 2. The third kappa shape index (κ3) is 3.87. The Morgan fingerprint density at radius 1 is 0.762 bits per heavy atom. The molecule has 2 aromatic rings. The van der Waals surface area contributed by atoms with Crippen molar-refractivity contribution in [1.82, 2.24) is 0 Å². The maximum atomic E-state index is 12.7. The molecular weight excluding hydrogens is 288 g/mol. The average molecular weight is 302 g/mol. The Balaban J connectivity index is 0.000000211. The van der Waals surface area contributed by atoms with Gasteiger partial charge in [0.25, 0.3) is 0 Å². The van der Waals surface area contributed by atoms with Crippen LogP contribution in [0.5, 0.6) is 11.5 Å². The van der Waals surface area contributed by atoms with Gasteiger partial charge in [-0.2, -0.15) is 8.78 Å². The molecule has 0 radical (unpaired) electrons. The van der Waals surface area contributed by atoms with E-state index in [1.165, 1.54) is 19.1 Å².